The zero-order chi connectivity index (χ0) is 15.0. The van der Waals surface area contributed by atoms with E-state index in [1.807, 2.05) is 6.20 Å². The molecule has 3 heteroatoms. The SMILES string of the molecule is CCC(C)CC(CC)Nc1ccc(N(CC)CC)nc1. The molecule has 0 saturated carbocycles. The zero-order valence-corrected chi connectivity index (χ0v) is 13.8. The monoisotopic (exact) mass is 277 g/mol. The predicted molar refractivity (Wildman–Crippen MR) is 89.6 cm³/mol. The highest BCUT2D eigenvalue weighted by Crippen LogP contribution is 2.19. The van der Waals surface area contributed by atoms with Crippen LogP contribution in [-0.4, -0.2) is 24.1 Å². The van der Waals surface area contributed by atoms with Gasteiger partial charge in [0.25, 0.3) is 0 Å². The quantitative estimate of drug-likeness (QED) is 0.717. The molecular weight excluding hydrogens is 246 g/mol. The fourth-order valence-electron chi connectivity index (χ4n) is 2.42. The Hall–Kier alpha value is -1.25. The number of pyridine rings is 1. The molecule has 0 bridgehead atoms. The fraction of sp³-hybridized carbons (Fsp3) is 0.706. The van der Waals surface area contributed by atoms with Crippen LogP contribution in [0.15, 0.2) is 18.3 Å². The molecule has 0 aliphatic rings. The van der Waals surface area contributed by atoms with Crippen molar-refractivity contribution in [3.63, 3.8) is 0 Å². The van der Waals surface area contributed by atoms with Gasteiger partial charge in [-0.25, -0.2) is 4.98 Å². The van der Waals surface area contributed by atoms with E-state index in [4.69, 9.17) is 0 Å². The van der Waals surface area contributed by atoms with Crippen LogP contribution in [0.25, 0.3) is 0 Å². The van der Waals surface area contributed by atoms with Gasteiger partial charge in [-0.05, 0) is 44.7 Å². The van der Waals surface area contributed by atoms with Gasteiger partial charge in [0.2, 0.25) is 0 Å². The zero-order valence-electron chi connectivity index (χ0n) is 13.8. The summed E-state index contributed by atoms with van der Waals surface area (Å²) in [5.41, 5.74) is 1.14. The Bertz CT molecular complexity index is 357. The van der Waals surface area contributed by atoms with Crippen molar-refractivity contribution in [2.24, 2.45) is 5.92 Å². The Kier molecular flexibility index (Phi) is 7.42. The van der Waals surface area contributed by atoms with Gasteiger partial charge in [0, 0.05) is 19.1 Å². The Morgan fingerprint density at radius 1 is 1.10 bits per heavy atom. The minimum atomic E-state index is 0.547. The summed E-state index contributed by atoms with van der Waals surface area (Å²) in [5, 5.41) is 3.62. The maximum atomic E-state index is 4.57. The fourth-order valence-corrected chi connectivity index (χ4v) is 2.42. The van der Waals surface area contributed by atoms with E-state index in [0.717, 1.165) is 36.9 Å². The summed E-state index contributed by atoms with van der Waals surface area (Å²) >= 11 is 0. The van der Waals surface area contributed by atoms with Crippen molar-refractivity contribution in [3.8, 4) is 0 Å². The van der Waals surface area contributed by atoms with Crippen molar-refractivity contribution in [2.75, 3.05) is 23.3 Å². The van der Waals surface area contributed by atoms with Gasteiger partial charge in [0.05, 0.1) is 11.9 Å². The first-order chi connectivity index (χ1) is 9.64. The van der Waals surface area contributed by atoms with E-state index in [2.05, 4.69) is 62.0 Å². The highest BCUT2D eigenvalue weighted by molar-refractivity contribution is 5.49. The van der Waals surface area contributed by atoms with Gasteiger partial charge in [-0.2, -0.15) is 0 Å². The predicted octanol–water partition coefficient (Wildman–Crippen LogP) is 4.55. The minimum absolute atomic E-state index is 0.547. The molecule has 0 aliphatic carbocycles. The standard InChI is InChI=1S/C17H31N3/c1-6-14(5)12-15(7-2)19-16-10-11-17(18-13-16)20(8-3)9-4/h10-11,13-15,19H,6-9,12H2,1-5H3. The molecule has 0 fully saturated rings. The molecule has 1 rings (SSSR count). The number of nitrogens with one attached hydrogen (secondary N) is 1. The average molecular weight is 277 g/mol. The first-order valence-electron chi connectivity index (χ1n) is 8.11. The van der Waals surface area contributed by atoms with Crippen molar-refractivity contribution in [1.82, 2.24) is 4.98 Å². The molecule has 20 heavy (non-hydrogen) atoms. The van der Waals surface area contributed by atoms with E-state index >= 15 is 0 Å². The van der Waals surface area contributed by atoms with Gasteiger partial charge in [-0.1, -0.05) is 27.2 Å². The van der Waals surface area contributed by atoms with Crippen LogP contribution in [0.1, 0.15) is 53.9 Å². The van der Waals surface area contributed by atoms with Crippen LogP contribution >= 0.6 is 0 Å². The molecule has 0 amide bonds. The van der Waals surface area contributed by atoms with E-state index in [9.17, 15) is 0 Å². The second-order valence-electron chi connectivity index (χ2n) is 5.58. The van der Waals surface area contributed by atoms with Crippen LogP contribution in [0.4, 0.5) is 11.5 Å². The van der Waals surface area contributed by atoms with Crippen molar-refractivity contribution in [3.05, 3.63) is 18.3 Å². The molecule has 0 aliphatic heterocycles. The highest BCUT2D eigenvalue weighted by Gasteiger charge is 2.11. The molecule has 2 atom stereocenters. The third-order valence-corrected chi connectivity index (χ3v) is 4.08. The number of hydrogen-bond acceptors (Lipinski definition) is 3. The van der Waals surface area contributed by atoms with Crippen LogP contribution < -0.4 is 10.2 Å². The summed E-state index contributed by atoms with van der Waals surface area (Å²) < 4.78 is 0. The number of hydrogen-bond donors (Lipinski definition) is 1. The smallest absolute Gasteiger partial charge is 0.128 e. The lowest BCUT2D eigenvalue weighted by atomic mass is 9.98. The average Bonchev–Trinajstić information content (AvgIpc) is 2.49. The topological polar surface area (TPSA) is 28.2 Å². The van der Waals surface area contributed by atoms with Crippen molar-refractivity contribution in [2.45, 2.75) is 59.9 Å². The Morgan fingerprint density at radius 3 is 2.25 bits per heavy atom. The lowest BCUT2D eigenvalue weighted by molar-refractivity contribution is 0.462. The molecule has 1 aromatic heterocycles. The van der Waals surface area contributed by atoms with E-state index in [-0.39, 0.29) is 0 Å². The van der Waals surface area contributed by atoms with Gasteiger partial charge >= 0.3 is 0 Å². The lowest BCUT2D eigenvalue weighted by Gasteiger charge is -2.23. The van der Waals surface area contributed by atoms with E-state index in [1.165, 1.54) is 12.8 Å². The molecule has 0 radical (unpaired) electrons. The van der Waals surface area contributed by atoms with Gasteiger partial charge in [-0.3, -0.25) is 0 Å². The Balaban J connectivity index is 2.63. The van der Waals surface area contributed by atoms with Crippen molar-refractivity contribution in [1.29, 1.82) is 0 Å². The van der Waals surface area contributed by atoms with Crippen LogP contribution in [0.2, 0.25) is 0 Å². The molecule has 1 aromatic rings. The molecule has 1 heterocycles. The van der Waals surface area contributed by atoms with Crippen LogP contribution in [0.5, 0.6) is 0 Å². The van der Waals surface area contributed by atoms with E-state index in [0.29, 0.717) is 6.04 Å². The van der Waals surface area contributed by atoms with E-state index in [1.54, 1.807) is 0 Å². The van der Waals surface area contributed by atoms with Crippen LogP contribution in [0.3, 0.4) is 0 Å². The molecule has 1 N–H and O–H groups in total. The number of rotatable bonds is 9. The second-order valence-corrected chi connectivity index (χ2v) is 5.58. The second kappa shape index (κ2) is 8.83. The van der Waals surface area contributed by atoms with Crippen LogP contribution in [-0.2, 0) is 0 Å². The maximum absolute atomic E-state index is 4.57. The number of aromatic nitrogens is 1. The van der Waals surface area contributed by atoms with Gasteiger partial charge in [0.1, 0.15) is 5.82 Å². The van der Waals surface area contributed by atoms with Gasteiger partial charge in [0.15, 0.2) is 0 Å². The molecule has 0 saturated heterocycles. The number of nitrogens with zero attached hydrogens (tertiary/aromatic N) is 2. The first-order valence-corrected chi connectivity index (χ1v) is 8.11. The molecule has 2 unspecified atom stereocenters. The first kappa shape index (κ1) is 16.8. The molecule has 0 spiro atoms. The summed E-state index contributed by atoms with van der Waals surface area (Å²) in [5.74, 6) is 1.84. The molecule has 114 valence electrons. The Morgan fingerprint density at radius 2 is 1.80 bits per heavy atom. The van der Waals surface area contributed by atoms with E-state index < -0.39 is 0 Å². The summed E-state index contributed by atoms with van der Waals surface area (Å²) in [7, 11) is 0. The number of anilines is 2. The maximum Gasteiger partial charge on any atom is 0.128 e. The molecule has 3 nitrogen and oxygen atoms in total. The third-order valence-electron chi connectivity index (χ3n) is 4.08. The minimum Gasteiger partial charge on any atom is -0.381 e. The summed E-state index contributed by atoms with van der Waals surface area (Å²) in [6, 6.07) is 4.82. The lowest BCUT2D eigenvalue weighted by Crippen LogP contribution is -2.23. The highest BCUT2D eigenvalue weighted by atomic mass is 15.2. The summed E-state index contributed by atoms with van der Waals surface area (Å²) in [6.07, 6.45) is 5.59. The normalized spacial score (nSPS) is 13.8. The van der Waals surface area contributed by atoms with Gasteiger partial charge < -0.3 is 10.2 Å². The Labute approximate surface area is 124 Å². The third kappa shape index (κ3) is 5.03. The van der Waals surface area contributed by atoms with Crippen molar-refractivity contribution >= 4 is 11.5 Å². The van der Waals surface area contributed by atoms with Crippen molar-refractivity contribution < 1.29 is 0 Å². The largest absolute Gasteiger partial charge is 0.381 e. The summed E-state index contributed by atoms with van der Waals surface area (Å²) in [6.45, 7) is 13.2. The molecular formula is C17H31N3. The van der Waals surface area contributed by atoms with Crippen LogP contribution in [0, 0.1) is 5.92 Å². The molecule has 0 aromatic carbocycles. The van der Waals surface area contributed by atoms with Gasteiger partial charge in [-0.15, -0.1) is 0 Å². The summed E-state index contributed by atoms with van der Waals surface area (Å²) in [4.78, 5) is 6.83.